The Bertz CT molecular complexity index is 959. The molecule has 33 heavy (non-hydrogen) atoms. The average molecular weight is 516 g/mol. The van der Waals surface area contributed by atoms with Crippen LogP contribution in [0, 0.1) is 29.0 Å². The molecule has 2 aromatic rings. The number of nitrogens with one attached hydrogen (secondary N) is 1. The summed E-state index contributed by atoms with van der Waals surface area (Å²) in [5.74, 6) is 3.95. The molecule has 1 unspecified atom stereocenters. The minimum Gasteiger partial charge on any atom is -0.490 e. The van der Waals surface area contributed by atoms with Crippen LogP contribution >= 0.6 is 15.9 Å². The van der Waals surface area contributed by atoms with E-state index in [0.717, 1.165) is 28.8 Å². The molecule has 6 rings (SSSR count). The molecule has 4 aliphatic rings. The zero-order valence-electron chi connectivity index (χ0n) is 19.7. The fourth-order valence-electron chi connectivity index (χ4n) is 7.09. The molecule has 1 N–H and O–H groups in total. The van der Waals surface area contributed by atoms with Crippen molar-refractivity contribution in [3.05, 3.63) is 57.8 Å². The predicted octanol–water partition coefficient (Wildman–Crippen LogP) is 7.26. The van der Waals surface area contributed by atoms with Gasteiger partial charge in [0.25, 0.3) is 0 Å². The van der Waals surface area contributed by atoms with E-state index in [9.17, 15) is 4.39 Å². The van der Waals surface area contributed by atoms with Gasteiger partial charge in [-0.05, 0) is 115 Å². The minimum atomic E-state index is -0.258. The Morgan fingerprint density at radius 1 is 1.06 bits per heavy atom. The highest BCUT2D eigenvalue weighted by Crippen LogP contribution is 2.61. The lowest BCUT2D eigenvalue weighted by Crippen LogP contribution is -2.54. The minimum absolute atomic E-state index is 0.159. The Morgan fingerprint density at radius 2 is 1.73 bits per heavy atom. The topological polar surface area (TPSA) is 30.5 Å². The molecular formula is C28H35BrFNO2. The van der Waals surface area contributed by atoms with Gasteiger partial charge < -0.3 is 14.8 Å². The summed E-state index contributed by atoms with van der Waals surface area (Å²) in [6.07, 6.45) is 8.65. The fourth-order valence-corrected chi connectivity index (χ4v) is 7.69. The Hall–Kier alpha value is -1.59. The third-order valence-electron chi connectivity index (χ3n) is 8.32. The lowest BCUT2D eigenvalue weighted by molar-refractivity contribution is -0.0706. The van der Waals surface area contributed by atoms with Crippen LogP contribution in [-0.2, 0) is 13.2 Å². The zero-order valence-corrected chi connectivity index (χ0v) is 21.3. The van der Waals surface area contributed by atoms with Crippen LogP contribution in [0.15, 0.2) is 40.9 Å². The van der Waals surface area contributed by atoms with E-state index in [-0.39, 0.29) is 12.4 Å². The highest BCUT2D eigenvalue weighted by atomic mass is 79.9. The van der Waals surface area contributed by atoms with E-state index in [4.69, 9.17) is 9.47 Å². The lowest BCUT2D eigenvalue weighted by Gasteiger charge is -2.59. The number of halogens is 2. The summed E-state index contributed by atoms with van der Waals surface area (Å²) in [5, 5.41) is 3.87. The van der Waals surface area contributed by atoms with E-state index in [0.29, 0.717) is 35.1 Å². The smallest absolute Gasteiger partial charge is 0.175 e. The second-order valence-electron chi connectivity index (χ2n) is 10.6. The molecular weight excluding hydrogens is 481 g/mol. The van der Waals surface area contributed by atoms with Crippen molar-refractivity contribution >= 4 is 15.9 Å². The monoisotopic (exact) mass is 515 g/mol. The molecule has 4 fully saturated rings. The van der Waals surface area contributed by atoms with Crippen molar-refractivity contribution in [2.45, 2.75) is 71.6 Å². The normalized spacial score (nSPS) is 28.7. The van der Waals surface area contributed by atoms with Gasteiger partial charge in [0.1, 0.15) is 12.4 Å². The summed E-state index contributed by atoms with van der Waals surface area (Å²) in [6.45, 7) is 5.87. The quantitative estimate of drug-likeness (QED) is 0.381. The van der Waals surface area contributed by atoms with E-state index in [1.54, 1.807) is 12.1 Å². The van der Waals surface area contributed by atoms with Gasteiger partial charge in [-0.1, -0.05) is 18.2 Å². The highest BCUT2D eigenvalue weighted by molar-refractivity contribution is 9.10. The lowest BCUT2D eigenvalue weighted by atomic mass is 9.48. The number of ether oxygens (including phenoxy) is 2. The first-order valence-corrected chi connectivity index (χ1v) is 13.3. The standard InChI is InChI=1S/C28H35BrFNO2/c1-3-32-26-12-22(11-24(29)27(26)33-17-23-6-4-5-7-25(23)30)16-31-18(2)28-13-19-8-20(14-28)10-21(9-19)15-28/h4-7,11-12,18-21,31H,3,8-10,13-17H2,1-2H3. The van der Waals surface area contributed by atoms with Crippen LogP contribution in [0.4, 0.5) is 4.39 Å². The third kappa shape index (κ3) is 4.81. The first-order valence-electron chi connectivity index (χ1n) is 12.5. The van der Waals surface area contributed by atoms with E-state index in [2.05, 4.69) is 40.3 Å². The zero-order chi connectivity index (χ0) is 23.0. The summed E-state index contributed by atoms with van der Waals surface area (Å²) < 4.78 is 26.8. The molecule has 4 saturated carbocycles. The largest absolute Gasteiger partial charge is 0.490 e. The molecule has 0 radical (unpaired) electrons. The molecule has 4 bridgehead atoms. The molecule has 0 amide bonds. The van der Waals surface area contributed by atoms with Crippen LogP contribution in [0.25, 0.3) is 0 Å². The molecule has 4 aliphatic carbocycles. The summed E-state index contributed by atoms with van der Waals surface area (Å²) in [7, 11) is 0. The van der Waals surface area contributed by atoms with Crippen LogP contribution in [-0.4, -0.2) is 12.6 Å². The maximum atomic E-state index is 14.0. The summed E-state index contributed by atoms with van der Waals surface area (Å²) in [4.78, 5) is 0. The van der Waals surface area contributed by atoms with Gasteiger partial charge in [-0.25, -0.2) is 4.39 Å². The van der Waals surface area contributed by atoms with Gasteiger partial charge in [0.05, 0.1) is 11.1 Å². The molecule has 0 aliphatic heterocycles. The van der Waals surface area contributed by atoms with Gasteiger partial charge in [-0.3, -0.25) is 0 Å². The second kappa shape index (κ2) is 9.58. The molecule has 2 aromatic carbocycles. The van der Waals surface area contributed by atoms with Crippen molar-refractivity contribution in [1.82, 2.24) is 5.32 Å². The number of hydrogen-bond donors (Lipinski definition) is 1. The van der Waals surface area contributed by atoms with Crippen molar-refractivity contribution < 1.29 is 13.9 Å². The maximum Gasteiger partial charge on any atom is 0.175 e. The SMILES string of the molecule is CCOc1cc(CNC(C)C23CC4CC(CC(C4)C2)C3)cc(Br)c1OCc1ccccc1F. The molecule has 0 aromatic heterocycles. The summed E-state index contributed by atoms with van der Waals surface area (Å²) in [6, 6.07) is 11.4. The van der Waals surface area contributed by atoms with Crippen LogP contribution in [0.2, 0.25) is 0 Å². The van der Waals surface area contributed by atoms with Crippen LogP contribution in [0.5, 0.6) is 11.5 Å². The van der Waals surface area contributed by atoms with Gasteiger partial charge in [-0.2, -0.15) is 0 Å². The third-order valence-corrected chi connectivity index (χ3v) is 8.90. The van der Waals surface area contributed by atoms with Gasteiger partial charge in [0, 0.05) is 18.2 Å². The van der Waals surface area contributed by atoms with E-state index >= 15 is 0 Å². The number of rotatable bonds is 9. The van der Waals surface area contributed by atoms with Crippen LogP contribution < -0.4 is 14.8 Å². The van der Waals surface area contributed by atoms with Gasteiger partial charge in [-0.15, -0.1) is 0 Å². The molecule has 3 nitrogen and oxygen atoms in total. The second-order valence-corrected chi connectivity index (χ2v) is 11.5. The predicted molar refractivity (Wildman–Crippen MR) is 133 cm³/mol. The Morgan fingerprint density at radius 3 is 2.36 bits per heavy atom. The van der Waals surface area contributed by atoms with Crippen molar-refractivity contribution in [2.24, 2.45) is 23.2 Å². The number of benzene rings is 2. The molecule has 0 spiro atoms. The first-order chi connectivity index (χ1) is 16.0. The molecule has 0 heterocycles. The maximum absolute atomic E-state index is 14.0. The number of hydrogen-bond acceptors (Lipinski definition) is 3. The molecule has 1 atom stereocenters. The molecule has 0 saturated heterocycles. The summed E-state index contributed by atoms with van der Waals surface area (Å²) >= 11 is 3.67. The fraction of sp³-hybridized carbons (Fsp3) is 0.571. The van der Waals surface area contributed by atoms with Gasteiger partial charge in [0.2, 0.25) is 0 Å². The van der Waals surface area contributed by atoms with Crippen molar-refractivity contribution in [3.8, 4) is 11.5 Å². The van der Waals surface area contributed by atoms with Crippen molar-refractivity contribution in [1.29, 1.82) is 0 Å². The average Bonchev–Trinajstić information content (AvgIpc) is 2.77. The Kier molecular flexibility index (Phi) is 6.72. The van der Waals surface area contributed by atoms with E-state index in [1.807, 2.05) is 13.0 Å². The van der Waals surface area contributed by atoms with Gasteiger partial charge >= 0.3 is 0 Å². The van der Waals surface area contributed by atoms with Crippen LogP contribution in [0.3, 0.4) is 0 Å². The van der Waals surface area contributed by atoms with Gasteiger partial charge in [0.15, 0.2) is 11.5 Å². The Balaban J connectivity index is 1.27. The van der Waals surface area contributed by atoms with Crippen molar-refractivity contribution in [3.63, 3.8) is 0 Å². The summed E-state index contributed by atoms with van der Waals surface area (Å²) in [5.41, 5.74) is 2.18. The molecule has 178 valence electrons. The van der Waals surface area contributed by atoms with Crippen LogP contribution in [0.1, 0.15) is 63.5 Å². The molecule has 5 heteroatoms. The Labute approximate surface area is 205 Å². The van der Waals surface area contributed by atoms with E-state index in [1.165, 1.54) is 50.2 Å². The highest BCUT2D eigenvalue weighted by Gasteiger charge is 2.52. The first kappa shape index (κ1) is 23.2. The van der Waals surface area contributed by atoms with Crippen molar-refractivity contribution in [2.75, 3.05) is 6.61 Å². The van der Waals surface area contributed by atoms with E-state index < -0.39 is 0 Å².